The molecule has 0 amide bonds. The third kappa shape index (κ3) is 4.84. The Morgan fingerprint density at radius 2 is 1.81 bits per heavy atom. The molecule has 0 bridgehead atoms. The number of cyclic esters (lactones) is 2. The van der Waals surface area contributed by atoms with Gasteiger partial charge in [-0.15, -0.1) is 5.10 Å². The number of aromatic nitrogens is 2. The number of ketones is 1. The van der Waals surface area contributed by atoms with Gasteiger partial charge in [-0.1, -0.05) is 37.0 Å². The molecule has 1 saturated heterocycles. The molecule has 0 atom stereocenters. The minimum absolute atomic E-state index is 0.0275. The van der Waals surface area contributed by atoms with E-state index in [2.05, 4.69) is 10.00 Å². The minimum Gasteiger partial charge on any atom is -0.475 e. The molecule has 0 aliphatic carbocycles. The second-order valence-corrected chi connectivity index (χ2v) is 7.47. The number of likely N-dealkylation sites (N-methyl/N-ethyl adjacent to an activating group) is 1. The van der Waals surface area contributed by atoms with Gasteiger partial charge >= 0.3 is 18.2 Å². The Morgan fingerprint density at radius 3 is 2.39 bits per heavy atom. The molecular formula is C20H21Cl2N3O6. The van der Waals surface area contributed by atoms with Gasteiger partial charge in [0.1, 0.15) is 12.2 Å². The van der Waals surface area contributed by atoms with Crippen LogP contribution in [-0.2, 0) is 19.1 Å². The number of nitrogens with zero attached hydrogens (tertiary/aromatic N) is 3. The number of hydrogen-bond donors (Lipinski definition) is 0. The van der Waals surface area contributed by atoms with Crippen molar-refractivity contribution in [1.82, 2.24) is 14.7 Å². The lowest BCUT2D eigenvalue weighted by Gasteiger charge is -2.17. The third-order valence-corrected chi connectivity index (χ3v) is 5.57. The highest BCUT2D eigenvalue weighted by atomic mass is 35.5. The van der Waals surface area contributed by atoms with Crippen molar-refractivity contribution in [2.45, 2.75) is 27.1 Å². The minimum atomic E-state index is -1.68. The third-order valence-electron chi connectivity index (χ3n) is 4.83. The van der Waals surface area contributed by atoms with Crippen LogP contribution in [0.25, 0.3) is 5.69 Å². The number of Topliss-reactive ketones (excluding diaryl/α,β-unsaturated/α-hetero) is 1. The van der Waals surface area contributed by atoms with E-state index in [1.807, 2.05) is 13.8 Å². The monoisotopic (exact) mass is 469 g/mol. The van der Waals surface area contributed by atoms with Gasteiger partial charge in [0, 0.05) is 6.54 Å². The van der Waals surface area contributed by atoms with Crippen LogP contribution in [0, 0.1) is 6.92 Å². The fraction of sp³-hybridized carbons (Fsp3) is 0.400. The number of esters is 2. The number of halogens is 2. The Morgan fingerprint density at radius 1 is 1.16 bits per heavy atom. The first-order valence-electron chi connectivity index (χ1n) is 9.62. The van der Waals surface area contributed by atoms with Crippen molar-refractivity contribution in [3.63, 3.8) is 0 Å². The van der Waals surface area contributed by atoms with E-state index < -0.39 is 24.0 Å². The van der Waals surface area contributed by atoms with E-state index in [1.54, 1.807) is 25.1 Å². The number of carbonyl (C=O) groups is 3. The van der Waals surface area contributed by atoms with Crippen LogP contribution < -0.4 is 4.74 Å². The van der Waals surface area contributed by atoms with E-state index in [-0.39, 0.29) is 18.1 Å². The summed E-state index contributed by atoms with van der Waals surface area (Å²) in [4.78, 5) is 37.9. The van der Waals surface area contributed by atoms with Crippen molar-refractivity contribution in [2.24, 2.45) is 0 Å². The lowest BCUT2D eigenvalue weighted by Crippen LogP contribution is -2.28. The molecule has 1 aromatic heterocycles. The molecule has 0 N–H and O–H groups in total. The molecule has 31 heavy (non-hydrogen) atoms. The molecule has 3 rings (SSSR count). The maximum absolute atomic E-state index is 13.0. The highest BCUT2D eigenvalue weighted by Gasteiger charge is 2.42. The fourth-order valence-corrected chi connectivity index (χ4v) is 3.37. The first-order chi connectivity index (χ1) is 14.8. The Balaban J connectivity index is 1.96. The summed E-state index contributed by atoms with van der Waals surface area (Å²) >= 11 is 12.1. The van der Waals surface area contributed by atoms with E-state index in [4.69, 9.17) is 37.4 Å². The van der Waals surface area contributed by atoms with Crippen molar-refractivity contribution in [3.05, 3.63) is 39.5 Å². The molecule has 0 saturated carbocycles. The lowest BCUT2D eigenvalue weighted by atomic mass is 10.1. The Bertz CT molecular complexity index is 1000. The van der Waals surface area contributed by atoms with Gasteiger partial charge in [0.15, 0.2) is 0 Å². The maximum Gasteiger partial charge on any atom is 0.421 e. The molecule has 1 aliphatic heterocycles. The maximum atomic E-state index is 13.0. The summed E-state index contributed by atoms with van der Waals surface area (Å²) < 4.78 is 16.7. The van der Waals surface area contributed by atoms with Gasteiger partial charge in [-0.3, -0.25) is 4.79 Å². The summed E-state index contributed by atoms with van der Waals surface area (Å²) in [6.07, 6.45) is -1.68. The van der Waals surface area contributed by atoms with Gasteiger partial charge in [0.2, 0.25) is 5.88 Å². The van der Waals surface area contributed by atoms with Crippen LogP contribution in [0.5, 0.6) is 5.88 Å². The molecule has 2 aromatic rings. The summed E-state index contributed by atoms with van der Waals surface area (Å²) in [6.45, 7) is 8.27. The normalized spacial score (nSPS) is 14.1. The van der Waals surface area contributed by atoms with E-state index in [0.29, 0.717) is 28.0 Å². The summed E-state index contributed by atoms with van der Waals surface area (Å²) in [5, 5.41) is 5.08. The SMILES string of the molecule is CCN(CC)CCOc1nn(-c2ccc(Cl)c(Cl)c2)c(C)c1C(=O)C1OC(=O)C(=O)O1. The van der Waals surface area contributed by atoms with E-state index in [0.717, 1.165) is 13.1 Å². The molecular weight excluding hydrogens is 449 g/mol. The quantitative estimate of drug-likeness (QED) is 0.314. The predicted molar refractivity (Wildman–Crippen MR) is 112 cm³/mol. The summed E-state index contributed by atoms with van der Waals surface area (Å²) in [5.41, 5.74) is 0.971. The van der Waals surface area contributed by atoms with E-state index in [9.17, 15) is 14.4 Å². The van der Waals surface area contributed by atoms with Crippen LogP contribution in [0.1, 0.15) is 29.9 Å². The van der Waals surface area contributed by atoms with Crippen molar-refractivity contribution in [2.75, 3.05) is 26.2 Å². The van der Waals surface area contributed by atoms with Crippen LogP contribution in [0.4, 0.5) is 0 Å². The number of benzene rings is 1. The summed E-state index contributed by atoms with van der Waals surface area (Å²) in [6, 6.07) is 4.87. The standard InChI is InChI=1S/C20H21Cl2N3O6/c1-4-24(5-2)8-9-29-17-15(16(26)20-30-18(27)19(28)31-20)11(3)25(23-17)12-6-7-13(21)14(22)10-12/h6-7,10,20H,4-5,8-9H2,1-3H3. The molecule has 2 heterocycles. The molecule has 0 radical (unpaired) electrons. The van der Waals surface area contributed by atoms with Crippen LogP contribution in [0.2, 0.25) is 10.0 Å². The number of hydrogen-bond acceptors (Lipinski definition) is 8. The van der Waals surface area contributed by atoms with Crippen molar-refractivity contribution >= 4 is 40.9 Å². The van der Waals surface area contributed by atoms with Crippen LogP contribution in [0.15, 0.2) is 18.2 Å². The van der Waals surface area contributed by atoms with Gasteiger partial charge in [0.05, 0.1) is 21.4 Å². The zero-order valence-electron chi connectivity index (χ0n) is 17.2. The Labute approximate surface area is 188 Å². The molecule has 1 fully saturated rings. The zero-order chi connectivity index (χ0) is 22.7. The first kappa shape index (κ1) is 23.1. The van der Waals surface area contributed by atoms with Crippen molar-refractivity contribution in [1.29, 1.82) is 0 Å². The molecule has 11 heteroatoms. The number of carbonyl (C=O) groups excluding carboxylic acids is 3. The largest absolute Gasteiger partial charge is 0.475 e. The Kier molecular flexibility index (Phi) is 7.19. The van der Waals surface area contributed by atoms with E-state index >= 15 is 0 Å². The average Bonchev–Trinajstić information content (AvgIpc) is 3.26. The van der Waals surface area contributed by atoms with Gasteiger partial charge in [0.25, 0.3) is 5.78 Å². The van der Waals surface area contributed by atoms with Crippen molar-refractivity contribution in [3.8, 4) is 11.6 Å². The highest BCUT2D eigenvalue weighted by Crippen LogP contribution is 2.30. The van der Waals surface area contributed by atoms with E-state index in [1.165, 1.54) is 4.68 Å². The molecule has 0 unspecified atom stereocenters. The summed E-state index contributed by atoms with van der Waals surface area (Å²) in [7, 11) is 0. The van der Waals surface area contributed by atoms with Gasteiger partial charge < -0.3 is 19.1 Å². The van der Waals surface area contributed by atoms with Crippen LogP contribution in [0.3, 0.4) is 0 Å². The Hall–Kier alpha value is -2.62. The number of rotatable bonds is 9. The van der Waals surface area contributed by atoms with Crippen molar-refractivity contribution < 1.29 is 28.6 Å². The summed E-state index contributed by atoms with van der Waals surface area (Å²) in [5.74, 6) is -3.17. The van der Waals surface area contributed by atoms with Gasteiger partial charge in [-0.05, 0) is 38.2 Å². The number of ether oxygens (including phenoxy) is 3. The molecule has 1 aliphatic rings. The lowest BCUT2D eigenvalue weighted by molar-refractivity contribution is -0.150. The second kappa shape index (κ2) is 9.67. The second-order valence-electron chi connectivity index (χ2n) is 6.66. The molecule has 1 aromatic carbocycles. The topological polar surface area (TPSA) is 100.0 Å². The fourth-order valence-electron chi connectivity index (χ4n) is 3.08. The first-order valence-corrected chi connectivity index (χ1v) is 10.4. The molecule has 9 nitrogen and oxygen atoms in total. The zero-order valence-corrected chi connectivity index (χ0v) is 18.7. The highest BCUT2D eigenvalue weighted by molar-refractivity contribution is 6.42. The average molecular weight is 470 g/mol. The van der Waals surface area contributed by atoms with Gasteiger partial charge in [-0.25, -0.2) is 14.3 Å². The predicted octanol–water partition coefficient (Wildman–Crippen LogP) is 2.82. The molecule has 0 spiro atoms. The molecule has 166 valence electrons. The van der Waals surface area contributed by atoms with Crippen LogP contribution >= 0.6 is 23.2 Å². The van der Waals surface area contributed by atoms with Gasteiger partial charge in [-0.2, -0.15) is 0 Å². The smallest absolute Gasteiger partial charge is 0.421 e. The van der Waals surface area contributed by atoms with Crippen LogP contribution in [-0.4, -0.2) is 64.9 Å².